The number of aromatic nitrogens is 1. The van der Waals surface area contributed by atoms with Crippen molar-refractivity contribution in [1.82, 2.24) is 4.98 Å². The summed E-state index contributed by atoms with van der Waals surface area (Å²) in [6, 6.07) is 3.47. The summed E-state index contributed by atoms with van der Waals surface area (Å²) < 4.78 is 22.8. The minimum atomic E-state index is -3.27. The Kier molecular flexibility index (Phi) is 1.90. The van der Waals surface area contributed by atoms with Gasteiger partial charge in [-0.2, -0.15) is 0 Å². The molecular formula is C9H12N2O2S. The van der Waals surface area contributed by atoms with Crippen molar-refractivity contribution in [2.75, 3.05) is 6.26 Å². The number of hydrogen-bond acceptors (Lipinski definition) is 4. The summed E-state index contributed by atoms with van der Waals surface area (Å²) in [7, 11) is -3.27. The molecule has 0 saturated heterocycles. The molecule has 0 atom stereocenters. The van der Waals surface area contributed by atoms with E-state index in [0.29, 0.717) is 5.56 Å². The van der Waals surface area contributed by atoms with Crippen molar-refractivity contribution in [3.8, 4) is 0 Å². The molecule has 1 heterocycles. The monoisotopic (exact) mass is 212 g/mol. The summed E-state index contributed by atoms with van der Waals surface area (Å²) in [5, 5.41) is 0.125. The van der Waals surface area contributed by atoms with Crippen molar-refractivity contribution in [2.24, 2.45) is 5.73 Å². The van der Waals surface area contributed by atoms with E-state index in [0.717, 1.165) is 19.1 Å². The molecule has 2 N–H and O–H groups in total. The molecule has 1 aliphatic rings. The molecule has 0 radical (unpaired) electrons. The molecule has 14 heavy (non-hydrogen) atoms. The molecule has 1 aromatic rings. The quantitative estimate of drug-likeness (QED) is 0.771. The average molecular weight is 212 g/mol. The molecule has 0 bridgehead atoms. The molecule has 1 saturated carbocycles. The van der Waals surface area contributed by atoms with Gasteiger partial charge in [0.25, 0.3) is 0 Å². The van der Waals surface area contributed by atoms with Crippen molar-refractivity contribution >= 4 is 9.84 Å². The van der Waals surface area contributed by atoms with Crippen LogP contribution in [0.5, 0.6) is 0 Å². The number of nitrogens with zero attached hydrogens (tertiary/aromatic N) is 1. The van der Waals surface area contributed by atoms with Gasteiger partial charge < -0.3 is 5.73 Å². The number of pyridine rings is 1. The number of rotatable bonds is 2. The molecule has 76 valence electrons. The summed E-state index contributed by atoms with van der Waals surface area (Å²) in [5.74, 6) is 0. The highest BCUT2D eigenvalue weighted by Crippen LogP contribution is 2.44. The lowest BCUT2D eigenvalue weighted by Gasteiger charge is -2.12. The number of hydrogen-bond donors (Lipinski definition) is 1. The second kappa shape index (κ2) is 2.77. The van der Waals surface area contributed by atoms with Crippen LogP contribution in [0.2, 0.25) is 0 Å². The van der Waals surface area contributed by atoms with Gasteiger partial charge in [0, 0.05) is 23.6 Å². The zero-order chi connectivity index (χ0) is 10.4. The molecule has 4 nitrogen and oxygen atoms in total. The van der Waals surface area contributed by atoms with Gasteiger partial charge in [-0.05, 0) is 18.9 Å². The molecule has 0 aromatic carbocycles. The van der Waals surface area contributed by atoms with Crippen molar-refractivity contribution in [1.29, 1.82) is 0 Å². The van der Waals surface area contributed by atoms with Gasteiger partial charge in [0.1, 0.15) is 0 Å². The van der Waals surface area contributed by atoms with Gasteiger partial charge >= 0.3 is 0 Å². The van der Waals surface area contributed by atoms with E-state index in [2.05, 4.69) is 4.98 Å². The van der Waals surface area contributed by atoms with Crippen LogP contribution in [0.4, 0.5) is 0 Å². The Morgan fingerprint density at radius 2 is 2.14 bits per heavy atom. The fourth-order valence-electron chi connectivity index (χ4n) is 1.47. The lowest BCUT2D eigenvalue weighted by Crippen LogP contribution is -2.22. The Morgan fingerprint density at radius 1 is 1.50 bits per heavy atom. The van der Waals surface area contributed by atoms with Gasteiger partial charge in [-0.3, -0.25) is 0 Å². The maximum Gasteiger partial charge on any atom is 0.193 e. The Morgan fingerprint density at radius 3 is 2.64 bits per heavy atom. The van der Waals surface area contributed by atoms with Crippen LogP contribution in [0.25, 0.3) is 0 Å². The lowest BCUT2D eigenvalue weighted by atomic mass is 10.1. The lowest BCUT2D eigenvalue weighted by molar-refractivity contribution is 0.591. The van der Waals surface area contributed by atoms with E-state index < -0.39 is 15.4 Å². The van der Waals surface area contributed by atoms with Gasteiger partial charge in [0.05, 0.1) is 0 Å². The third kappa shape index (κ3) is 1.53. The first-order valence-corrected chi connectivity index (χ1v) is 6.27. The smallest absolute Gasteiger partial charge is 0.193 e. The third-order valence-electron chi connectivity index (χ3n) is 2.45. The van der Waals surface area contributed by atoms with Gasteiger partial charge in [-0.25, -0.2) is 13.4 Å². The van der Waals surface area contributed by atoms with Crippen molar-refractivity contribution in [3.63, 3.8) is 0 Å². The SMILES string of the molecule is CS(=O)(=O)c1ncccc1C1(N)CC1. The Balaban J connectivity index is 2.61. The van der Waals surface area contributed by atoms with Crippen LogP contribution >= 0.6 is 0 Å². The zero-order valence-corrected chi connectivity index (χ0v) is 8.71. The fourth-order valence-corrected chi connectivity index (χ4v) is 2.39. The fraction of sp³-hybridized carbons (Fsp3) is 0.444. The van der Waals surface area contributed by atoms with E-state index in [1.807, 2.05) is 0 Å². The van der Waals surface area contributed by atoms with Crippen LogP contribution in [-0.4, -0.2) is 19.7 Å². The first kappa shape index (κ1) is 9.61. The van der Waals surface area contributed by atoms with Crippen molar-refractivity contribution in [3.05, 3.63) is 23.9 Å². The molecule has 0 aliphatic heterocycles. The summed E-state index contributed by atoms with van der Waals surface area (Å²) in [4.78, 5) is 3.89. The normalized spacial score (nSPS) is 19.3. The van der Waals surface area contributed by atoms with Gasteiger partial charge in [0.15, 0.2) is 14.9 Å². The topological polar surface area (TPSA) is 73.0 Å². The number of sulfone groups is 1. The molecule has 2 rings (SSSR count). The van der Waals surface area contributed by atoms with Crippen LogP contribution in [0.15, 0.2) is 23.4 Å². The Bertz CT molecular complexity index is 463. The molecule has 1 aromatic heterocycles. The molecule has 1 fully saturated rings. The Labute approximate surface area is 83.1 Å². The Hall–Kier alpha value is -0.940. The molecule has 0 spiro atoms. The highest BCUT2D eigenvalue weighted by Gasteiger charge is 2.43. The predicted molar refractivity (Wildman–Crippen MR) is 52.4 cm³/mol. The number of nitrogens with two attached hydrogens (primary N) is 1. The van der Waals surface area contributed by atoms with Gasteiger partial charge in [-0.15, -0.1) is 0 Å². The average Bonchev–Trinajstić information content (AvgIpc) is 2.84. The molecule has 5 heteroatoms. The second-order valence-corrected chi connectivity index (χ2v) is 5.72. The minimum absolute atomic E-state index is 0.125. The van der Waals surface area contributed by atoms with Crippen LogP contribution in [0.3, 0.4) is 0 Å². The maximum absolute atomic E-state index is 11.4. The summed E-state index contributed by atoms with van der Waals surface area (Å²) in [6.45, 7) is 0. The first-order valence-electron chi connectivity index (χ1n) is 4.38. The summed E-state index contributed by atoms with van der Waals surface area (Å²) >= 11 is 0. The molecule has 0 amide bonds. The van der Waals surface area contributed by atoms with E-state index in [-0.39, 0.29) is 5.03 Å². The highest BCUT2D eigenvalue weighted by molar-refractivity contribution is 7.90. The molecule has 0 unspecified atom stereocenters. The van der Waals surface area contributed by atoms with Crippen LogP contribution in [0.1, 0.15) is 18.4 Å². The highest BCUT2D eigenvalue weighted by atomic mass is 32.2. The van der Waals surface area contributed by atoms with Crippen LogP contribution in [-0.2, 0) is 15.4 Å². The van der Waals surface area contributed by atoms with E-state index in [1.165, 1.54) is 6.20 Å². The summed E-state index contributed by atoms with van der Waals surface area (Å²) in [5.41, 5.74) is 6.16. The van der Waals surface area contributed by atoms with Crippen LogP contribution in [0, 0.1) is 0 Å². The van der Waals surface area contributed by atoms with Gasteiger partial charge in [-0.1, -0.05) is 6.07 Å². The standard InChI is InChI=1S/C9H12N2O2S/c1-14(12,13)8-7(3-2-6-11-8)9(10)4-5-9/h2-3,6H,4-5,10H2,1H3. The van der Waals surface area contributed by atoms with E-state index >= 15 is 0 Å². The first-order chi connectivity index (χ1) is 6.43. The van der Waals surface area contributed by atoms with Crippen LogP contribution < -0.4 is 5.73 Å². The molecular weight excluding hydrogens is 200 g/mol. The van der Waals surface area contributed by atoms with E-state index in [9.17, 15) is 8.42 Å². The molecule has 1 aliphatic carbocycles. The van der Waals surface area contributed by atoms with E-state index in [4.69, 9.17) is 5.73 Å². The summed E-state index contributed by atoms with van der Waals surface area (Å²) in [6.07, 6.45) is 4.30. The predicted octanol–water partition coefficient (Wildman–Crippen LogP) is 0.433. The van der Waals surface area contributed by atoms with Crippen molar-refractivity contribution < 1.29 is 8.42 Å². The largest absolute Gasteiger partial charge is 0.321 e. The second-order valence-electron chi connectivity index (χ2n) is 3.78. The zero-order valence-electron chi connectivity index (χ0n) is 7.90. The minimum Gasteiger partial charge on any atom is -0.321 e. The van der Waals surface area contributed by atoms with E-state index in [1.54, 1.807) is 12.1 Å². The maximum atomic E-state index is 11.4. The van der Waals surface area contributed by atoms with Crippen molar-refractivity contribution in [2.45, 2.75) is 23.4 Å². The third-order valence-corrected chi connectivity index (χ3v) is 3.48. The van der Waals surface area contributed by atoms with Gasteiger partial charge in [0.2, 0.25) is 0 Å².